The van der Waals surface area contributed by atoms with Gasteiger partial charge in [-0.1, -0.05) is 0 Å². The van der Waals surface area contributed by atoms with E-state index in [2.05, 4.69) is 10.4 Å². The number of sulfone groups is 1. The summed E-state index contributed by atoms with van der Waals surface area (Å²) in [7, 11) is -3.08. The Bertz CT molecular complexity index is 992. The van der Waals surface area contributed by atoms with Crippen LogP contribution in [0.3, 0.4) is 0 Å². The van der Waals surface area contributed by atoms with Crippen LogP contribution in [0.5, 0.6) is 5.75 Å². The van der Waals surface area contributed by atoms with Crippen LogP contribution in [0.1, 0.15) is 23.9 Å². The highest BCUT2D eigenvalue weighted by Crippen LogP contribution is 2.27. The van der Waals surface area contributed by atoms with Crippen molar-refractivity contribution in [3.63, 3.8) is 0 Å². The van der Waals surface area contributed by atoms with Gasteiger partial charge in [0.25, 0.3) is 5.91 Å². The summed E-state index contributed by atoms with van der Waals surface area (Å²) in [5, 5.41) is 6.93. The topological polar surface area (TPSA) is 120 Å². The molecule has 2 aromatic heterocycles. The van der Waals surface area contributed by atoms with E-state index in [-0.39, 0.29) is 35.3 Å². The Hall–Kier alpha value is -2.62. The number of ether oxygens (including phenoxy) is 1. The summed E-state index contributed by atoms with van der Waals surface area (Å²) >= 11 is 0. The fourth-order valence-electron chi connectivity index (χ4n) is 2.78. The molecule has 1 aliphatic rings. The summed E-state index contributed by atoms with van der Waals surface area (Å²) in [5.41, 5.74) is 0.281. The van der Waals surface area contributed by atoms with Crippen LogP contribution in [0.15, 0.2) is 27.6 Å². The molecule has 10 heteroatoms. The van der Waals surface area contributed by atoms with Gasteiger partial charge in [-0.3, -0.25) is 9.59 Å². The number of rotatable bonds is 5. The number of nitrogens with one attached hydrogen (secondary N) is 1. The van der Waals surface area contributed by atoms with Gasteiger partial charge in [0, 0.05) is 12.1 Å². The molecule has 1 saturated heterocycles. The first kappa shape index (κ1) is 18.2. The molecule has 0 spiro atoms. The molecule has 1 unspecified atom stereocenters. The largest absolute Gasteiger partial charge is 0.477 e. The zero-order chi connectivity index (χ0) is 18.9. The molecule has 1 N–H and O–H groups in total. The van der Waals surface area contributed by atoms with E-state index in [1.807, 2.05) is 0 Å². The highest BCUT2D eigenvalue weighted by Gasteiger charge is 2.31. The highest BCUT2D eigenvalue weighted by atomic mass is 32.2. The normalized spacial score (nSPS) is 18.6. The first-order valence-corrected chi connectivity index (χ1v) is 9.84. The molecule has 1 atom stereocenters. The van der Waals surface area contributed by atoms with Crippen LogP contribution in [0.25, 0.3) is 0 Å². The molecule has 26 heavy (non-hydrogen) atoms. The zero-order valence-electron chi connectivity index (χ0n) is 14.4. The van der Waals surface area contributed by atoms with Crippen molar-refractivity contribution in [2.24, 2.45) is 0 Å². The zero-order valence-corrected chi connectivity index (χ0v) is 15.2. The van der Waals surface area contributed by atoms with E-state index < -0.39 is 15.7 Å². The van der Waals surface area contributed by atoms with Crippen molar-refractivity contribution >= 4 is 21.6 Å². The number of anilines is 1. The van der Waals surface area contributed by atoms with E-state index in [4.69, 9.17) is 9.15 Å². The maximum absolute atomic E-state index is 12.1. The van der Waals surface area contributed by atoms with Crippen molar-refractivity contribution in [2.45, 2.75) is 26.3 Å². The summed E-state index contributed by atoms with van der Waals surface area (Å²) in [4.78, 5) is 23.9. The summed E-state index contributed by atoms with van der Waals surface area (Å²) in [6.45, 7) is 3.00. The third-order valence-corrected chi connectivity index (χ3v) is 5.72. The predicted octanol–water partition coefficient (Wildman–Crippen LogP) is 0.830. The van der Waals surface area contributed by atoms with Crippen LogP contribution in [0, 0.1) is 13.8 Å². The van der Waals surface area contributed by atoms with E-state index in [9.17, 15) is 18.0 Å². The van der Waals surface area contributed by atoms with Crippen LogP contribution < -0.4 is 15.5 Å². The molecule has 9 nitrogen and oxygen atoms in total. The van der Waals surface area contributed by atoms with Gasteiger partial charge in [0.15, 0.2) is 16.4 Å². The smallest absolute Gasteiger partial charge is 0.263 e. The van der Waals surface area contributed by atoms with Gasteiger partial charge < -0.3 is 14.5 Å². The van der Waals surface area contributed by atoms with Gasteiger partial charge in [-0.25, -0.2) is 13.1 Å². The molecular formula is C16H19N3O6S. The van der Waals surface area contributed by atoms with Gasteiger partial charge in [-0.2, -0.15) is 5.10 Å². The first-order valence-electron chi connectivity index (χ1n) is 8.02. The number of nitrogens with zero attached hydrogens (tertiary/aromatic N) is 2. The maximum Gasteiger partial charge on any atom is 0.263 e. The second kappa shape index (κ2) is 6.94. The number of hydrogen-bond donors (Lipinski definition) is 1. The van der Waals surface area contributed by atoms with Crippen LogP contribution in [-0.2, 0) is 14.6 Å². The summed E-state index contributed by atoms with van der Waals surface area (Å²) in [5.74, 6) is 0.393. The molecule has 0 bridgehead atoms. The number of aryl methyl sites for hydroxylation is 2. The van der Waals surface area contributed by atoms with Crippen molar-refractivity contribution < 1.29 is 22.4 Å². The number of carbonyl (C=O) groups excluding carboxylic acids is 1. The Labute approximate surface area is 149 Å². The summed E-state index contributed by atoms with van der Waals surface area (Å²) in [6, 6.07) is 2.61. The standard InChI is InChI=1S/C16H19N3O6S/c1-10-5-15(19(18-10)12-3-4-26(22,23)9-12)17-16(21)8-25-14-7-24-11(2)6-13(14)20/h5-7,12H,3-4,8-9H2,1-2H3,(H,17,21). The summed E-state index contributed by atoms with van der Waals surface area (Å²) < 4.78 is 35.2. The monoisotopic (exact) mass is 381 g/mol. The lowest BCUT2D eigenvalue weighted by Crippen LogP contribution is -2.24. The van der Waals surface area contributed by atoms with Crippen molar-refractivity contribution in [1.82, 2.24) is 9.78 Å². The number of aromatic nitrogens is 2. The van der Waals surface area contributed by atoms with Gasteiger partial charge in [0.1, 0.15) is 17.8 Å². The molecule has 140 valence electrons. The molecule has 1 aliphatic heterocycles. The van der Waals surface area contributed by atoms with Crippen molar-refractivity contribution in [3.05, 3.63) is 40.1 Å². The molecule has 3 rings (SSSR count). The number of hydrogen-bond acceptors (Lipinski definition) is 7. The minimum absolute atomic E-state index is 0.00208. The minimum Gasteiger partial charge on any atom is -0.477 e. The Morgan fingerprint density at radius 2 is 2.19 bits per heavy atom. The quantitative estimate of drug-likeness (QED) is 0.814. The molecule has 0 saturated carbocycles. The van der Waals surface area contributed by atoms with Gasteiger partial charge in [-0.15, -0.1) is 0 Å². The Balaban J connectivity index is 1.67. The molecule has 1 fully saturated rings. The van der Waals surface area contributed by atoms with Crippen molar-refractivity contribution in [1.29, 1.82) is 0 Å². The molecule has 3 heterocycles. The van der Waals surface area contributed by atoms with Crippen LogP contribution >= 0.6 is 0 Å². The molecule has 0 aromatic carbocycles. The highest BCUT2D eigenvalue weighted by molar-refractivity contribution is 7.91. The second-order valence-corrected chi connectivity index (χ2v) is 8.46. The van der Waals surface area contributed by atoms with Gasteiger partial charge in [0.05, 0.1) is 23.2 Å². The third kappa shape index (κ3) is 4.13. The number of carbonyl (C=O) groups is 1. The van der Waals surface area contributed by atoms with Crippen LogP contribution in [-0.4, -0.2) is 42.2 Å². The van der Waals surface area contributed by atoms with Gasteiger partial charge in [0.2, 0.25) is 11.2 Å². The van der Waals surface area contributed by atoms with E-state index in [1.165, 1.54) is 10.7 Å². The van der Waals surface area contributed by atoms with Crippen molar-refractivity contribution in [3.8, 4) is 5.75 Å². The second-order valence-electron chi connectivity index (χ2n) is 6.23. The minimum atomic E-state index is -3.08. The average Bonchev–Trinajstić information content (AvgIpc) is 3.08. The Morgan fingerprint density at radius 3 is 2.85 bits per heavy atom. The molecule has 0 aliphatic carbocycles. The Kier molecular flexibility index (Phi) is 4.86. The van der Waals surface area contributed by atoms with E-state index in [0.29, 0.717) is 23.7 Å². The fraction of sp³-hybridized carbons (Fsp3) is 0.438. The van der Waals surface area contributed by atoms with Gasteiger partial charge >= 0.3 is 0 Å². The lowest BCUT2D eigenvalue weighted by Gasteiger charge is -2.14. The lowest BCUT2D eigenvalue weighted by atomic mass is 10.3. The van der Waals surface area contributed by atoms with E-state index >= 15 is 0 Å². The molecule has 2 aromatic rings. The Morgan fingerprint density at radius 1 is 1.42 bits per heavy atom. The van der Waals surface area contributed by atoms with Crippen molar-refractivity contribution in [2.75, 3.05) is 23.4 Å². The maximum atomic E-state index is 12.1. The average molecular weight is 381 g/mol. The lowest BCUT2D eigenvalue weighted by molar-refractivity contribution is -0.118. The SMILES string of the molecule is Cc1cc(NC(=O)COc2coc(C)cc2=O)n(C2CCS(=O)(=O)C2)n1. The van der Waals surface area contributed by atoms with Crippen LogP contribution in [0.2, 0.25) is 0 Å². The van der Waals surface area contributed by atoms with E-state index in [0.717, 1.165) is 6.26 Å². The van der Waals surface area contributed by atoms with E-state index in [1.54, 1.807) is 19.9 Å². The first-order chi connectivity index (χ1) is 12.2. The molecular weight excluding hydrogens is 362 g/mol. The van der Waals surface area contributed by atoms with Crippen LogP contribution in [0.4, 0.5) is 5.82 Å². The predicted molar refractivity (Wildman–Crippen MR) is 93.1 cm³/mol. The molecule has 0 radical (unpaired) electrons. The van der Waals surface area contributed by atoms with Gasteiger partial charge in [-0.05, 0) is 20.3 Å². The molecule has 1 amide bonds. The third-order valence-electron chi connectivity index (χ3n) is 3.97. The fourth-order valence-corrected chi connectivity index (χ4v) is 4.47. The number of amides is 1. The summed E-state index contributed by atoms with van der Waals surface area (Å²) in [6.07, 6.45) is 1.61.